The van der Waals surface area contributed by atoms with E-state index in [0.717, 1.165) is 40.1 Å². The molecule has 0 unspecified atom stereocenters. The minimum atomic E-state index is 0.680. The lowest BCUT2D eigenvalue weighted by Crippen LogP contribution is -2.20. The number of allylic oxidation sites excluding steroid dienone is 1. The SMILES string of the molecule is CCN/C(=C(/C)N)c1ccccc1N(C=O)c1cccc(Br)c1. The maximum atomic E-state index is 11.8. The van der Waals surface area contributed by atoms with Crippen LogP contribution in [0.25, 0.3) is 5.70 Å². The number of nitrogens with zero attached hydrogens (tertiary/aromatic N) is 1. The van der Waals surface area contributed by atoms with Crippen LogP contribution in [0.5, 0.6) is 0 Å². The van der Waals surface area contributed by atoms with E-state index in [-0.39, 0.29) is 0 Å². The average molecular weight is 374 g/mol. The maximum Gasteiger partial charge on any atom is 0.218 e. The van der Waals surface area contributed by atoms with E-state index >= 15 is 0 Å². The zero-order valence-electron chi connectivity index (χ0n) is 13.2. The number of amides is 1. The minimum Gasteiger partial charge on any atom is -0.401 e. The number of benzene rings is 2. The predicted octanol–water partition coefficient (Wildman–Crippen LogP) is 4.00. The van der Waals surface area contributed by atoms with Crippen LogP contribution in [0.4, 0.5) is 11.4 Å². The fraction of sp³-hybridized carbons (Fsp3) is 0.167. The Morgan fingerprint density at radius 1 is 1.26 bits per heavy atom. The molecule has 0 saturated carbocycles. The van der Waals surface area contributed by atoms with Crippen molar-refractivity contribution in [3.05, 3.63) is 64.3 Å². The smallest absolute Gasteiger partial charge is 0.218 e. The molecular weight excluding hydrogens is 354 g/mol. The average Bonchev–Trinajstić information content (AvgIpc) is 2.54. The molecule has 0 aliphatic carbocycles. The molecule has 0 heterocycles. The number of para-hydroxylation sites is 1. The van der Waals surface area contributed by atoms with E-state index in [1.54, 1.807) is 4.90 Å². The lowest BCUT2D eigenvalue weighted by Gasteiger charge is -2.23. The third kappa shape index (κ3) is 3.93. The molecule has 0 atom stereocenters. The van der Waals surface area contributed by atoms with Crippen molar-refractivity contribution in [1.82, 2.24) is 5.32 Å². The number of halogens is 1. The quantitative estimate of drug-likeness (QED) is 0.752. The number of hydrogen-bond acceptors (Lipinski definition) is 3. The van der Waals surface area contributed by atoms with Crippen LogP contribution in [0.1, 0.15) is 19.4 Å². The van der Waals surface area contributed by atoms with Gasteiger partial charge in [-0.1, -0.05) is 40.2 Å². The van der Waals surface area contributed by atoms with Crippen LogP contribution in [-0.2, 0) is 4.79 Å². The van der Waals surface area contributed by atoms with Gasteiger partial charge in [0, 0.05) is 28.0 Å². The normalized spacial score (nSPS) is 11.6. The largest absolute Gasteiger partial charge is 0.401 e. The van der Waals surface area contributed by atoms with Crippen LogP contribution in [-0.4, -0.2) is 13.0 Å². The first-order valence-corrected chi connectivity index (χ1v) is 8.17. The molecule has 0 aliphatic rings. The first-order valence-electron chi connectivity index (χ1n) is 7.38. The van der Waals surface area contributed by atoms with Crippen molar-refractivity contribution in [3.8, 4) is 0 Å². The van der Waals surface area contributed by atoms with Gasteiger partial charge < -0.3 is 11.1 Å². The molecule has 120 valence electrons. The molecule has 5 heteroatoms. The Kier molecular flexibility index (Phi) is 5.82. The molecule has 2 rings (SSSR count). The molecule has 0 fully saturated rings. The molecule has 0 aromatic heterocycles. The molecule has 4 nitrogen and oxygen atoms in total. The Morgan fingerprint density at radius 3 is 2.61 bits per heavy atom. The van der Waals surface area contributed by atoms with Gasteiger partial charge in [0.1, 0.15) is 0 Å². The van der Waals surface area contributed by atoms with Gasteiger partial charge in [0.05, 0.1) is 11.4 Å². The van der Waals surface area contributed by atoms with Crippen LogP contribution in [0.15, 0.2) is 58.7 Å². The van der Waals surface area contributed by atoms with E-state index in [1.807, 2.05) is 62.4 Å². The summed E-state index contributed by atoms with van der Waals surface area (Å²) in [4.78, 5) is 13.4. The van der Waals surface area contributed by atoms with E-state index < -0.39 is 0 Å². The van der Waals surface area contributed by atoms with Gasteiger partial charge in [-0.05, 0) is 38.1 Å². The van der Waals surface area contributed by atoms with Crippen molar-refractivity contribution in [3.63, 3.8) is 0 Å². The highest BCUT2D eigenvalue weighted by molar-refractivity contribution is 9.10. The van der Waals surface area contributed by atoms with Gasteiger partial charge in [0.2, 0.25) is 6.41 Å². The van der Waals surface area contributed by atoms with Crippen molar-refractivity contribution >= 4 is 39.4 Å². The number of carbonyl (C=O) groups excluding carboxylic acids is 1. The molecule has 0 saturated heterocycles. The first kappa shape index (κ1) is 17.1. The fourth-order valence-corrected chi connectivity index (χ4v) is 2.79. The molecule has 2 aromatic rings. The third-order valence-electron chi connectivity index (χ3n) is 3.37. The van der Waals surface area contributed by atoms with Gasteiger partial charge in [0.15, 0.2) is 0 Å². The number of carbonyl (C=O) groups is 1. The standard InChI is InChI=1S/C18H20BrN3O/c1-3-21-18(13(2)20)16-9-4-5-10-17(16)22(12-23)15-8-6-7-14(19)11-15/h4-12,21H,3,20H2,1-2H3/b18-13-. The van der Waals surface area contributed by atoms with Gasteiger partial charge in [0.25, 0.3) is 0 Å². The fourth-order valence-electron chi connectivity index (χ4n) is 2.40. The molecule has 3 N–H and O–H groups in total. The molecule has 2 aromatic carbocycles. The first-order chi connectivity index (χ1) is 11.1. The second kappa shape index (κ2) is 7.83. The number of hydrogen-bond donors (Lipinski definition) is 2. The van der Waals surface area contributed by atoms with Gasteiger partial charge in [-0.15, -0.1) is 0 Å². The summed E-state index contributed by atoms with van der Waals surface area (Å²) in [6.45, 7) is 4.60. The summed E-state index contributed by atoms with van der Waals surface area (Å²) < 4.78 is 0.914. The highest BCUT2D eigenvalue weighted by atomic mass is 79.9. The molecule has 0 aliphatic heterocycles. The van der Waals surface area contributed by atoms with Gasteiger partial charge in [-0.2, -0.15) is 0 Å². The molecule has 23 heavy (non-hydrogen) atoms. The van der Waals surface area contributed by atoms with Crippen LogP contribution < -0.4 is 16.0 Å². The highest BCUT2D eigenvalue weighted by Gasteiger charge is 2.16. The van der Waals surface area contributed by atoms with Gasteiger partial charge >= 0.3 is 0 Å². The lowest BCUT2D eigenvalue weighted by molar-refractivity contribution is -0.106. The summed E-state index contributed by atoms with van der Waals surface area (Å²) in [7, 11) is 0. The summed E-state index contributed by atoms with van der Waals surface area (Å²) in [5.74, 6) is 0. The van der Waals surface area contributed by atoms with Crippen LogP contribution in [0.2, 0.25) is 0 Å². The van der Waals surface area contributed by atoms with Gasteiger partial charge in [-0.25, -0.2) is 0 Å². The summed E-state index contributed by atoms with van der Waals surface area (Å²) in [5, 5.41) is 3.28. The van der Waals surface area contributed by atoms with E-state index in [9.17, 15) is 4.79 Å². The summed E-state index contributed by atoms with van der Waals surface area (Å²) >= 11 is 3.44. The van der Waals surface area contributed by atoms with E-state index in [4.69, 9.17) is 5.73 Å². The Labute approximate surface area is 145 Å². The number of anilines is 2. The lowest BCUT2D eigenvalue weighted by atomic mass is 10.1. The van der Waals surface area contributed by atoms with Crippen LogP contribution >= 0.6 is 15.9 Å². The van der Waals surface area contributed by atoms with Crippen LogP contribution in [0.3, 0.4) is 0 Å². The number of nitrogens with one attached hydrogen (secondary N) is 1. The third-order valence-corrected chi connectivity index (χ3v) is 3.87. The zero-order valence-corrected chi connectivity index (χ0v) is 14.8. The maximum absolute atomic E-state index is 11.8. The van der Waals surface area contributed by atoms with Crippen LogP contribution in [0, 0.1) is 0 Å². The van der Waals surface area contributed by atoms with E-state index in [2.05, 4.69) is 21.2 Å². The van der Waals surface area contributed by atoms with E-state index in [1.165, 1.54) is 0 Å². The number of rotatable bonds is 6. The van der Waals surface area contributed by atoms with Crippen molar-refractivity contribution in [1.29, 1.82) is 0 Å². The minimum absolute atomic E-state index is 0.680. The Balaban J connectivity index is 2.58. The molecule has 0 radical (unpaired) electrons. The number of nitrogens with two attached hydrogens (primary N) is 1. The summed E-state index contributed by atoms with van der Waals surface area (Å²) in [6, 6.07) is 15.3. The summed E-state index contributed by atoms with van der Waals surface area (Å²) in [5.41, 5.74) is 10.0. The molecule has 0 bridgehead atoms. The second-order valence-corrected chi connectivity index (χ2v) is 5.98. The zero-order chi connectivity index (χ0) is 16.8. The van der Waals surface area contributed by atoms with Crippen molar-refractivity contribution in [2.75, 3.05) is 11.4 Å². The van der Waals surface area contributed by atoms with E-state index in [0.29, 0.717) is 5.70 Å². The molecular formula is C18H20BrN3O. The van der Waals surface area contributed by atoms with Gasteiger partial charge in [-0.3, -0.25) is 9.69 Å². The van der Waals surface area contributed by atoms with Crippen molar-refractivity contribution < 1.29 is 4.79 Å². The second-order valence-electron chi connectivity index (χ2n) is 5.06. The van der Waals surface area contributed by atoms with Crippen molar-refractivity contribution in [2.45, 2.75) is 13.8 Å². The highest BCUT2D eigenvalue weighted by Crippen LogP contribution is 2.32. The van der Waals surface area contributed by atoms with Crippen molar-refractivity contribution in [2.24, 2.45) is 5.73 Å². The Hall–Kier alpha value is -2.27. The molecule has 0 spiro atoms. The Bertz CT molecular complexity index is 724. The summed E-state index contributed by atoms with van der Waals surface area (Å²) in [6.07, 6.45) is 0.815. The molecule has 1 amide bonds. The Morgan fingerprint density at radius 2 is 2.00 bits per heavy atom. The monoisotopic (exact) mass is 373 g/mol. The topological polar surface area (TPSA) is 58.4 Å². The predicted molar refractivity (Wildman–Crippen MR) is 99.2 cm³/mol.